The van der Waals surface area contributed by atoms with Crippen LogP contribution in [0.1, 0.15) is 12.8 Å². The standard InChI is InChI=1S/C7H14O3S/c1-11(2)4-3-6(8)5-7(9)10/h6,8H,3-5H2,1-2H3/p+1. The van der Waals surface area contributed by atoms with Crippen molar-refractivity contribution in [3.8, 4) is 0 Å². The van der Waals surface area contributed by atoms with Crippen molar-refractivity contribution < 1.29 is 15.0 Å². The zero-order chi connectivity index (χ0) is 8.85. The van der Waals surface area contributed by atoms with E-state index in [2.05, 4.69) is 12.5 Å². The number of carbonyl (C=O) groups is 1. The molecule has 0 bridgehead atoms. The fourth-order valence-electron chi connectivity index (χ4n) is 0.675. The molecule has 0 saturated heterocycles. The fourth-order valence-corrected chi connectivity index (χ4v) is 1.42. The van der Waals surface area contributed by atoms with E-state index in [1.165, 1.54) is 0 Å². The van der Waals surface area contributed by atoms with Gasteiger partial charge in [0.15, 0.2) is 0 Å². The van der Waals surface area contributed by atoms with E-state index in [0.29, 0.717) is 17.3 Å². The van der Waals surface area contributed by atoms with Gasteiger partial charge in [-0.3, -0.25) is 4.79 Å². The van der Waals surface area contributed by atoms with Gasteiger partial charge in [-0.25, -0.2) is 0 Å². The number of hydrogen-bond donors (Lipinski definition) is 2. The second-order valence-corrected chi connectivity index (χ2v) is 5.11. The minimum absolute atomic E-state index is 0.128. The molecule has 0 heterocycles. The zero-order valence-corrected chi connectivity index (χ0v) is 7.73. The Morgan fingerprint density at radius 2 is 2.09 bits per heavy atom. The van der Waals surface area contributed by atoms with E-state index in [9.17, 15) is 4.79 Å². The molecule has 4 heteroatoms. The fraction of sp³-hybridized carbons (Fsp3) is 0.857. The molecule has 3 nitrogen and oxygen atoms in total. The summed E-state index contributed by atoms with van der Waals surface area (Å²) >= 11 is 0. The first-order valence-electron chi connectivity index (χ1n) is 3.46. The minimum atomic E-state index is -0.926. The van der Waals surface area contributed by atoms with Crippen LogP contribution in [0.5, 0.6) is 0 Å². The normalized spacial score (nSPS) is 13.5. The molecular weight excluding hydrogens is 164 g/mol. The third-order valence-corrected chi connectivity index (χ3v) is 2.32. The van der Waals surface area contributed by atoms with Crippen LogP contribution in [0.15, 0.2) is 0 Å². The highest BCUT2D eigenvalue weighted by Gasteiger charge is 2.12. The van der Waals surface area contributed by atoms with E-state index in [4.69, 9.17) is 10.2 Å². The number of aliphatic carboxylic acids is 1. The molecule has 0 aromatic heterocycles. The van der Waals surface area contributed by atoms with Crippen molar-refractivity contribution in [1.82, 2.24) is 0 Å². The highest BCUT2D eigenvalue weighted by atomic mass is 32.2. The highest BCUT2D eigenvalue weighted by molar-refractivity contribution is 7.95. The Bertz CT molecular complexity index is 125. The Hall–Kier alpha value is -0.220. The maximum atomic E-state index is 10.1. The first-order valence-corrected chi connectivity index (χ1v) is 5.67. The second-order valence-electron chi connectivity index (χ2n) is 2.73. The zero-order valence-electron chi connectivity index (χ0n) is 6.91. The van der Waals surface area contributed by atoms with Gasteiger partial charge in [0.1, 0.15) is 5.75 Å². The lowest BCUT2D eigenvalue weighted by molar-refractivity contribution is -0.139. The molecular formula is C7H15O3S+. The molecule has 0 spiro atoms. The quantitative estimate of drug-likeness (QED) is 0.588. The highest BCUT2D eigenvalue weighted by Crippen LogP contribution is 2.00. The smallest absolute Gasteiger partial charge is 0.305 e. The van der Waals surface area contributed by atoms with E-state index >= 15 is 0 Å². The molecule has 0 radical (unpaired) electrons. The second kappa shape index (κ2) is 5.43. The topological polar surface area (TPSA) is 57.5 Å². The number of rotatable bonds is 5. The molecule has 0 fully saturated rings. The third kappa shape index (κ3) is 7.68. The van der Waals surface area contributed by atoms with Gasteiger partial charge in [-0.1, -0.05) is 0 Å². The number of carboxylic acids is 1. The Kier molecular flexibility index (Phi) is 5.32. The van der Waals surface area contributed by atoms with Crippen molar-refractivity contribution >= 4 is 16.9 Å². The first kappa shape index (κ1) is 10.8. The van der Waals surface area contributed by atoms with Crippen LogP contribution < -0.4 is 0 Å². The van der Waals surface area contributed by atoms with Crippen molar-refractivity contribution in [3.05, 3.63) is 0 Å². The van der Waals surface area contributed by atoms with Gasteiger partial charge in [0, 0.05) is 6.42 Å². The van der Waals surface area contributed by atoms with Crippen LogP contribution in [-0.4, -0.2) is 40.6 Å². The van der Waals surface area contributed by atoms with Gasteiger partial charge in [0.2, 0.25) is 0 Å². The summed E-state index contributed by atoms with van der Waals surface area (Å²) in [5, 5.41) is 17.4. The van der Waals surface area contributed by atoms with Crippen LogP contribution in [0.4, 0.5) is 0 Å². The number of hydrogen-bond acceptors (Lipinski definition) is 2. The molecule has 0 aromatic carbocycles. The Morgan fingerprint density at radius 1 is 1.55 bits per heavy atom. The number of aliphatic hydroxyl groups excluding tert-OH is 1. The molecule has 2 N–H and O–H groups in total. The van der Waals surface area contributed by atoms with Gasteiger partial charge in [-0.2, -0.15) is 0 Å². The van der Waals surface area contributed by atoms with Gasteiger partial charge in [-0.15, -0.1) is 0 Å². The summed E-state index contributed by atoms with van der Waals surface area (Å²) in [6.07, 6.45) is 3.96. The molecule has 11 heavy (non-hydrogen) atoms. The summed E-state index contributed by atoms with van der Waals surface area (Å²) in [6.45, 7) is 0. The molecule has 1 unspecified atom stereocenters. The monoisotopic (exact) mass is 179 g/mol. The van der Waals surface area contributed by atoms with Crippen molar-refractivity contribution in [1.29, 1.82) is 0 Å². The summed E-state index contributed by atoms with van der Waals surface area (Å²) < 4.78 is 0. The van der Waals surface area contributed by atoms with E-state index in [-0.39, 0.29) is 6.42 Å². The predicted molar refractivity (Wildman–Crippen MR) is 47.0 cm³/mol. The Morgan fingerprint density at radius 3 is 2.45 bits per heavy atom. The Balaban J connectivity index is 3.37. The molecule has 0 saturated carbocycles. The molecule has 0 aliphatic heterocycles. The maximum Gasteiger partial charge on any atom is 0.305 e. The number of aliphatic hydroxyl groups is 1. The third-order valence-electron chi connectivity index (χ3n) is 1.27. The lowest BCUT2D eigenvalue weighted by Crippen LogP contribution is -2.17. The van der Waals surface area contributed by atoms with Crippen LogP contribution >= 0.6 is 0 Å². The molecule has 0 aliphatic rings. The molecule has 0 aromatic rings. The predicted octanol–water partition coefficient (Wildman–Crippen LogP) is 0.0900. The molecule has 0 rings (SSSR count). The molecule has 0 amide bonds. The van der Waals surface area contributed by atoms with E-state index in [0.717, 1.165) is 5.75 Å². The van der Waals surface area contributed by atoms with Crippen LogP contribution in [0.25, 0.3) is 0 Å². The summed E-state index contributed by atoms with van der Waals surface area (Å²) in [6, 6.07) is 0. The van der Waals surface area contributed by atoms with Crippen LogP contribution in [0.3, 0.4) is 0 Å². The van der Waals surface area contributed by atoms with Gasteiger partial charge in [-0.05, 0) is 10.9 Å². The summed E-state index contributed by atoms with van der Waals surface area (Å²) in [5.74, 6) is -0.0151. The largest absolute Gasteiger partial charge is 0.481 e. The minimum Gasteiger partial charge on any atom is -0.481 e. The maximum absolute atomic E-state index is 10.1. The summed E-state index contributed by atoms with van der Waals surface area (Å²) in [7, 11) is 0.296. The molecule has 66 valence electrons. The van der Waals surface area contributed by atoms with E-state index in [1.54, 1.807) is 0 Å². The van der Waals surface area contributed by atoms with Crippen molar-refractivity contribution in [2.45, 2.75) is 18.9 Å². The van der Waals surface area contributed by atoms with Crippen molar-refractivity contribution in [2.75, 3.05) is 18.3 Å². The van der Waals surface area contributed by atoms with Gasteiger partial charge in [0.05, 0.1) is 25.0 Å². The Labute approximate surface area is 69.8 Å². The van der Waals surface area contributed by atoms with E-state index < -0.39 is 12.1 Å². The van der Waals surface area contributed by atoms with E-state index in [1.807, 2.05) is 0 Å². The summed E-state index contributed by atoms with van der Waals surface area (Å²) in [5.41, 5.74) is 0. The van der Waals surface area contributed by atoms with Crippen LogP contribution in [0.2, 0.25) is 0 Å². The SMILES string of the molecule is C[S+](C)CCC(O)CC(=O)O. The summed E-state index contributed by atoms with van der Waals surface area (Å²) in [4.78, 5) is 10.1. The van der Waals surface area contributed by atoms with Crippen LogP contribution in [-0.2, 0) is 15.7 Å². The van der Waals surface area contributed by atoms with Gasteiger partial charge >= 0.3 is 5.97 Å². The first-order chi connectivity index (χ1) is 5.02. The van der Waals surface area contributed by atoms with Crippen molar-refractivity contribution in [2.24, 2.45) is 0 Å². The van der Waals surface area contributed by atoms with Crippen molar-refractivity contribution in [3.63, 3.8) is 0 Å². The molecule has 1 atom stereocenters. The lowest BCUT2D eigenvalue weighted by atomic mass is 10.2. The van der Waals surface area contributed by atoms with Gasteiger partial charge < -0.3 is 10.2 Å². The lowest BCUT2D eigenvalue weighted by Gasteiger charge is -2.04. The van der Waals surface area contributed by atoms with Gasteiger partial charge in [0.25, 0.3) is 0 Å². The number of carboxylic acid groups (broad SMARTS) is 1. The average molecular weight is 179 g/mol. The molecule has 0 aliphatic carbocycles. The van der Waals surface area contributed by atoms with Crippen LogP contribution in [0, 0.1) is 0 Å². The average Bonchev–Trinajstić information content (AvgIpc) is 1.82.